The monoisotopic (exact) mass is 346 g/mol. The molecule has 1 fully saturated rings. The van der Waals surface area contributed by atoms with Crippen molar-refractivity contribution >= 4 is 11.6 Å². The fraction of sp³-hybridized carbons (Fsp3) is 0.421. The molecule has 0 aliphatic heterocycles. The van der Waals surface area contributed by atoms with Crippen molar-refractivity contribution in [2.24, 2.45) is 0 Å². The Bertz CT molecular complexity index is 621. The smallest absolute Gasteiger partial charge is 0.126 e. The Morgan fingerprint density at radius 1 is 1.17 bits per heavy atom. The van der Waals surface area contributed by atoms with Gasteiger partial charge in [0.1, 0.15) is 18.0 Å². The highest BCUT2D eigenvalue weighted by Crippen LogP contribution is 2.25. The summed E-state index contributed by atoms with van der Waals surface area (Å²) in [6.45, 7) is 0.798. The predicted molar refractivity (Wildman–Crippen MR) is 95.5 cm³/mol. The van der Waals surface area contributed by atoms with E-state index in [1.165, 1.54) is 0 Å². The van der Waals surface area contributed by atoms with Gasteiger partial charge in [0.2, 0.25) is 0 Å². The van der Waals surface area contributed by atoms with Crippen molar-refractivity contribution in [3.63, 3.8) is 0 Å². The number of aromatic nitrogens is 1. The van der Waals surface area contributed by atoms with E-state index >= 15 is 0 Å². The Morgan fingerprint density at radius 2 is 2.00 bits per heavy atom. The van der Waals surface area contributed by atoms with Gasteiger partial charge in [-0.3, -0.25) is 4.98 Å². The Balaban J connectivity index is 1.50. The van der Waals surface area contributed by atoms with Crippen LogP contribution < -0.4 is 10.1 Å². The van der Waals surface area contributed by atoms with Crippen LogP contribution in [0, 0.1) is 0 Å². The molecule has 3 rings (SSSR count). The van der Waals surface area contributed by atoms with Crippen LogP contribution in [0.2, 0.25) is 5.02 Å². The lowest BCUT2D eigenvalue weighted by Gasteiger charge is -2.35. The zero-order valence-corrected chi connectivity index (χ0v) is 14.3. The number of benzene rings is 1. The van der Waals surface area contributed by atoms with Crippen LogP contribution in [0.5, 0.6) is 5.75 Å². The van der Waals surface area contributed by atoms with Crippen molar-refractivity contribution in [3.8, 4) is 5.75 Å². The summed E-state index contributed by atoms with van der Waals surface area (Å²) in [7, 11) is 0. The van der Waals surface area contributed by atoms with Gasteiger partial charge in [-0.25, -0.2) is 0 Å². The van der Waals surface area contributed by atoms with E-state index in [9.17, 15) is 5.11 Å². The van der Waals surface area contributed by atoms with Gasteiger partial charge in [-0.2, -0.15) is 0 Å². The minimum absolute atomic E-state index is 0.0553. The van der Waals surface area contributed by atoms with E-state index in [4.69, 9.17) is 16.3 Å². The Labute approximate surface area is 147 Å². The van der Waals surface area contributed by atoms with E-state index in [0.717, 1.165) is 43.7 Å². The van der Waals surface area contributed by atoms with Gasteiger partial charge >= 0.3 is 0 Å². The van der Waals surface area contributed by atoms with Crippen LogP contribution >= 0.6 is 11.6 Å². The van der Waals surface area contributed by atoms with Crippen LogP contribution in [-0.2, 0) is 6.42 Å². The Morgan fingerprint density at radius 3 is 2.75 bits per heavy atom. The summed E-state index contributed by atoms with van der Waals surface area (Å²) >= 11 is 5.89. The van der Waals surface area contributed by atoms with E-state index in [2.05, 4.69) is 10.3 Å². The lowest BCUT2D eigenvalue weighted by molar-refractivity contribution is -0.0151. The molecule has 2 aromatic rings. The summed E-state index contributed by atoms with van der Waals surface area (Å²) in [5.41, 5.74) is 1.06. The lowest BCUT2D eigenvalue weighted by Crippen LogP contribution is -2.51. The second-order valence-electron chi connectivity index (χ2n) is 6.16. The number of hydrogen-bond acceptors (Lipinski definition) is 4. The molecule has 3 atom stereocenters. The van der Waals surface area contributed by atoms with Gasteiger partial charge in [-0.05, 0) is 55.7 Å². The van der Waals surface area contributed by atoms with Gasteiger partial charge in [-0.1, -0.05) is 17.7 Å². The van der Waals surface area contributed by atoms with Crippen LogP contribution in [0.25, 0.3) is 0 Å². The van der Waals surface area contributed by atoms with Crippen molar-refractivity contribution in [3.05, 3.63) is 59.4 Å². The number of hydrogen-bond donors (Lipinski definition) is 2. The summed E-state index contributed by atoms with van der Waals surface area (Å²) in [5, 5.41) is 14.7. The van der Waals surface area contributed by atoms with Crippen molar-refractivity contribution in [2.45, 2.75) is 43.9 Å². The zero-order chi connectivity index (χ0) is 16.8. The molecule has 0 amide bonds. The largest absolute Gasteiger partial charge is 0.488 e. The molecule has 2 N–H and O–H groups in total. The molecular weight excluding hydrogens is 324 g/mol. The fourth-order valence-electron chi connectivity index (χ4n) is 3.11. The number of nitrogens with zero attached hydrogens (tertiary/aromatic N) is 1. The van der Waals surface area contributed by atoms with Crippen LogP contribution in [0.1, 0.15) is 25.0 Å². The summed E-state index contributed by atoms with van der Waals surface area (Å²) in [4.78, 5) is 4.32. The van der Waals surface area contributed by atoms with Crippen LogP contribution in [-0.4, -0.2) is 34.9 Å². The zero-order valence-electron chi connectivity index (χ0n) is 13.6. The fourth-order valence-corrected chi connectivity index (χ4v) is 3.24. The minimum atomic E-state index is -0.516. The standard InChI is InChI=1S/C19H23ClN2O2/c20-14-7-9-16(10-8-14)24-18-6-3-5-17(19(18)23)22-13-11-15-4-1-2-12-21-15/h1-2,4,7-10,12,17-19,22-23H,3,5-6,11,13H2/t17-,18+,19+/m0/s1. The van der Waals surface area contributed by atoms with E-state index in [-0.39, 0.29) is 12.1 Å². The third kappa shape index (κ3) is 4.69. The quantitative estimate of drug-likeness (QED) is 0.843. The number of ether oxygens (including phenoxy) is 1. The molecule has 5 heteroatoms. The molecule has 1 saturated carbocycles. The number of pyridine rings is 1. The first-order valence-electron chi connectivity index (χ1n) is 8.46. The van der Waals surface area contributed by atoms with Crippen LogP contribution in [0.3, 0.4) is 0 Å². The first-order valence-corrected chi connectivity index (χ1v) is 8.84. The Kier molecular flexibility index (Phi) is 6.07. The molecule has 4 nitrogen and oxygen atoms in total. The maximum Gasteiger partial charge on any atom is 0.126 e. The number of aliphatic hydroxyl groups is 1. The van der Waals surface area contributed by atoms with Crippen molar-refractivity contribution in [2.75, 3.05) is 6.54 Å². The molecule has 128 valence electrons. The first-order chi connectivity index (χ1) is 11.7. The molecule has 1 aliphatic carbocycles. The van der Waals surface area contributed by atoms with Crippen molar-refractivity contribution < 1.29 is 9.84 Å². The van der Waals surface area contributed by atoms with Gasteiger partial charge in [0.25, 0.3) is 0 Å². The summed E-state index contributed by atoms with van der Waals surface area (Å²) in [6.07, 6.45) is 4.82. The first kappa shape index (κ1) is 17.2. The average Bonchev–Trinajstić information content (AvgIpc) is 2.61. The van der Waals surface area contributed by atoms with Crippen LogP contribution in [0.15, 0.2) is 48.7 Å². The topological polar surface area (TPSA) is 54.4 Å². The van der Waals surface area contributed by atoms with E-state index in [1.807, 2.05) is 30.3 Å². The SMILES string of the molecule is O[C@@H]1[C@@H](NCCc2ccccn2)CCC[C@H]1Oc1ccc(Cl)cc1. The second kappa shape index (κ2) is 8.47. The van der Waals surface area contributed by atoms with Gasteiger partial charge in [-0.15, -0.1) is 0 Å². The second-order valence-corrected chi connectivity index (χ2v) is 6.60. The van der Waals surface area contributed by atoms with Gasteiger partial charge < -0.3 is 15.2 Å². The number of nitrogens with one attached hydrogen (secondary N) is 1. The van der Waals surface area contributed by atoms with Crippen molar-refractivity contribution in [1.29, 1.82) is 0 Å². The number of aliphatic hydroxyl groups excluding tert-OH is 1. The molecule has 1 aromatic carbocycles. The molecule has 0 spiro atoms. The summed E-state index contributed by atoms with van der Waals surface area (Å²) in [5.74, 6) is 0.748. The molecule has 24 heavy (non-hydrogen) atoms. The average molecular weight is 347 g/mol. The normalized spacial score (nSPS) is 23.8. The van der Waals surface area contributed by atoms with Gasteiger partial charge in [0.05, 0.1) is 0 Å². The molecule has 1 aliphatic rings. The van der Waals surface area contributed by atoms with Crippen LogP contribution in [0.4, 0.5) is 0 Å². The summed E-state index contributed by atoms with van der Waals surface area (Å²) < 4.78 is 5.96. The van der Waals surface area contributed by atoms with Gasteiger partial charge in [0.15, 0.2) is 0 Å². The number of halogens is 1. The van der Waals surface area contributed by atoms with Crippen molar-refractivity contribution in [1.82, 2.24) is 10.3 Å². The molecule has 1 aromatic heterocycles. The highest BCUT2D eigenvalue weighted by Gasteiger charge is 2.32. The lowest BCUT2D eigenvalue weighted by atomic mass is 9.89. The van der Waals surface area contributed by atoms with E-state index in [0.29, 0.717) is 5.02 Å². The molecule has 0 radical (unpaired) electrons. The van der Waals surface area contributed by atoms with Gasteiger partial charge in [0, 0.05) is 35.9 Å². The minimum Gasteiger partial charge on any atom is -0.488 e. The molecular formula is C19H23ClN2O2. The highest BCUT2D eigenvalue weighted by atomic mass is 35.5. The third-order valence-corrected chi connectivity index (χ3v) is 4.66. The summed E-state index contributed by atoms with van der Waals surface area (Å²) in [6, 6.07) is 13.3. The maximum absolute atomic E-state index is 10.6. The molecule has 0 unspecified atom stereocenters. The maximum atomic E-state index is 10.6. The molecule has 0 saturated heterocycles. The Hall–Kier alpha value is -1.62. The van der Waals surface area contributed by atoms with E-state index in [1.54, 1.807) is 18.3 Å². The predicted octanol–water partition coefficient (Wildman–Crippen LogP) is 3.23. The molecule has 0 bridgehead atoms. The van der Waals surface area contributed by atoms with E-state index < -0.39 is 6.10 Å². The number of rotatable bonds is 6. The highest BCUT2D eigenvalue weighted by molar-refractivity contribution is 6.30. The molecule has 1 heterocycles. The third-order valence-electron chi connectivity index (χ3n) is 4.41.